The number of nitrogens with one attached hydrogen (secondary N) is 1. The van der Waals surface area contributed by atoms with Gasteiger partial charge in [0, 0.05) is 55.1 Å². The van der Waals surface area contributed by atoms with Gasteiger partial charge < -0.3 is 15.0 Å². The van der Waals surface area contributed by atoms with Crippen molar-refractivity contribution in [1.82, 2.24) is 24.4 Å². The van der Waals surface area contributed by atoms with Crippen LogP contribution >= 0.6 is 22.9 Å². The second kappa shape index (κ2) is 10.3. The van der Waals surface area contributed by atoms with Gasteiger partial charge in [-0.1, -0.05) is 41.1 Å². The maximum absolute atomic E-state index is 12.7. The van der Waals surface area contributed by atoms with Crippen LogP contribution in [-0.2, 0) is 6.54 Å². The minimum Gasteiger partial charge on any atom is -0.497 e. The molecule has 0 saturated carbocycles. The van der Waals surface area contributed by atoms with Gasteiger partial charge in [0.25, 0.3) is 5.56 Å². The lowest BCUT2D eigenvalue weighted by molar-refractivity contribution is 0.142. The quantitative estimate of drug-likeness (QED) is 0.422. The van der Waals surface area contributed by atoms with Crippen LogP contribution in [0.15, 0.2) is 53.3 Å². The van der Waals surface area contributed by atoms with E-state index in [0.29, 0.717) is 59.1 Å². The number of halogens is 1. The summed E-state index contributed by atoms with van der Waals surface area (Å²) >= 11 is 7.43. The molecular weight excluding hydrogens is 500 g/mol. The van der Waals surface area contributed by atoms with Crippen LogP contribution in [0.2, 0.25) is 5.02 Å². The second-order valence-electron chi connectivity index (χ2n) is 8.57. The SMILES string of the molecule is COc1cccc(-c2nn3c(=O)cc(CN4CCN(C(=O)Nc5cc(Cl)ccc5C)CC4)nc3s2)c1. The summed E-state index contributed by atoms with van der Waals surface area (Å²) in [7, 11) is 1.61. The molecule has 186 valence electrons. The van der Waals surface area contributed by atoms with Crippen LogP contribution in [0.1, 0.15) is 11.3 Å². The van der Waals surface area contributed by atoms with E-state index in [2.05, 4.69) is 20.3 Å². The van der Waals surface area contributed by atoms with Crippen LogP contribution in [-0.4, -0.2) is 63.7 Å². The van der Waals surface area contributed by atoms with Crippen molar-refractivity contribution in [3.63, 3.8) is 0 Å². The first-order valence-corrected chi connectivity index (χ1v) is 12.7. The fourth-order valence-corrected chi connectivity index (χ4v) is 5.16. The number of anilines is 1. The molecule has 36 heavy (non-hydrogen) atoms. The molecule has 0 radical (unpaired) electrons. The molecule has 1 aliphatic heterocycles. The van der Waals surface area contributed by atoms with Crippen molar-refractivity contribution in [2.45, 2.75) is 13.5 Å². The van der Waals surface area contributed by atoms with Crippen molar-refractivity contribution < 1.29 is 9.53 Å². The zero-order chi connectivity index (χ0) is 25.2. The number of nitrogens with zero attached hydrogens (tertiary/aromatic N) is 5. The molecule has 1 N–H and O–H groups in total. The highest BCUT2D eigenvalue weighted by atomic mass is 35.5. The highest BCUT2D eigenvalue weighted by Gasteiger charge is 2.22. The standard InChI is InChI=1S/C25H25ClN6O3S/c1-16-6-7-18(26)13-21(16)28-24(34)31-10-8-30(9-11-31)15-19-14-22(33)32-25(27-19)36-23(29-32)17-4-3-5-20(12-17)35-2/h3-7,12-14H,8-11,15H2,1-2H3,(H,28,34). The Morgan fingerprint density at radius 2 is 1.94 bits per heavy atom. The lowest BCUT2D eigenvalue weighted by Crippen LogP contribution is -2.49. The van der Waals surface area contributed by atoms with E-state index in [-0.39, 0.29) is 11.6 Å². The molecule has 0 unspecified atom stereocenters. The molecular formula is C25H25ClN6O3S. The van der Waals surface area contributed by atoms with E-state index in [1.54, 1.807) is 24.1 Å². The van der Waals surface area contributed by atoms with E-state index in [0.717, 1.165) is 16.9 Å². The number of piperazine rings is 1. The molecule has 2 aromatic carbocycles. The lowest BCUT2D eigenvalue weighted by atomic mass is 10.2. The van der Waals surface area contributed by atoms with Crippen molar-refractivity contribution in [2.75, 3.05) is 38.6 Å². The van der Waals surface area contributed by atoms with Crippen molar-refractivity contribution in [1.29, 1.82) is 0 Å². The fraction of sp³-hybridized carbons (Fsp3) is 0.280. The summed E-state index contributed by atoms with van der Waals surface area (Å²) in [6, 6.07) is 14.4. The third-order valence-corrected chi connectivity index (χ3v) is 7.29. The van der Waals surface area contributed by atoms with Crippen molar-refractivity contribution in [2.24, 2.45) is 0 Å². The summed E-state index contributed by atoms with van der Waals surface area (Å²) in [4.78, 5) is 34.7. The highest BCUT2D eigenvalue weighted by molar-refractivity contribution is 7.19. The molecule has 0 bridgehead atoms. The Hall–Kier alpha value is -3.47. The maximum Gasteiger partial charge on any atom is 0.321 e. The van der Waals surface area contributed by atoms with Crippen LogP contribution in [0.25, 0.3) is 15.5 Å². The largest absolute Gasteiger partial charge is 0.497 e. The average Bonchev–Trinajstić information content (AvgIpc) is 3.32. The van der Waals surface area contributed by atoms with E-state index in [9.17, 15) is 9.59 Å². The number of fused-ring (bicyclic) bond motifs is 1. The predicted molar refractivity (Wildman–Crippen MR) is 141 cm³/mol. The van der Waals surface area contributed by atoms with E-state index in [1.165, 1.54) is 21.9 Å². The summed E-state index contributed by atoms with van der Waals surface area (Å²) in [6.07, 6.45) is 0. The molecule has 4 aromatic rings. The molecule has 0 aliphatic carbocycles. The van der Waals surface area contributed by atoms with Gasteiger partial charge in [0.05, 0.1) is 12.8 Å². The Morgan fingerprint density at radius 1 is 1.14 bits per heavy atom. The number of hydrogen-bond acceptors (Lipinski definition) is 7. The van der Waals surface area contributed by atoms with Gasteiger partial charge in [-0.25, -0.2) is 9.78 Å². The van der Waals surface area contributed by atoms with Gasteiger partial charge in [0.1, 0.15) is 10.8 Å². The van der Waals surface area contributed by atoms with Gasteiger partial charge in [-0.2, -0.15) is 9.61 Å². The summed E-state index contributed by atoms with van der Waals surface area (Å²) in [6.45, 7) is 4.97. The Morgan fingerprint density at radius 3 is 2.72 bits per heavy atom. The zero-order valence-corrected chi connectivity index (χ0v) is 21.5. The molecule has 5 rings (SSSR count). The number of carbonyl (C=O) groups is 1. The molecule has 2 aromatic heterocycles. The number of aryl methyl sites for hydroxylation is 1. The van der Waals surface area contributed by atoms with Gasteiger partial charge in [0.15, 0.2) is 0 Å². The number of carbonyl (C=O) groups excluding carboxylic acids is 1. The molecule has 2 amide bonds. The fourth-order valence-electron chi connectivity index (χ4n) is 4.07. The Labute approximate surface area is 216 Å². The number of aromatic nitrogens is 3. The first-order valence-electron chi connectivity index (χ1n) is 11.5. The number of rotatable bonds is 5. The topological polar surface area (TPSA) is 92.1 Å². The van der Waals surface area contributed by atoms with E-state index < -0.39 is 0 Å². The third kappa shape index (κ3) is 5.20. The number of methoxy groups -OCH3 is 1. The Bertz CT molecular complexity index is 1480. The first-order chi connectivity index (χ1) is 17.4. The number of ether oxygens (including phenoxy) is 1. The van der Waals surface area contributed by atoms with Gasteiger partial charge in [-0.3, -0.25) is 9.69 Å². The highest BCUT2D eigenvalue weighted by Crippen LogP contribution is 2.27. The van der Waals surface area contributed by atoms with Crippen molar-refractivity contribution in [3.8, 4) is 16.3 Å². The average molecular weight is 525 g/mol. The monoisotopic (exact) mass is 524 g/mol. The number of hydrogen-bond donors (Lipinski definition) is 1. The normalized spacial score (nSPS) is 14.2. The van der Waals surface area contributed by atoms with Gasteiger partial charge in [0.2, 0.25) is 4.96 Å². The van der Waals surface area contributed by atoms with Gasteiger partial charge >= 0.3 is 6.03 Å². The van der Waals surface area contributed by atoms with E-state index >= 15 is 0 Å². The predicted octanol–water partition coefficient (Wildman–Crippen LogP) is 4.14. The third-order valence-electron chi connectivity index (χ3n) is 6.10. The second-order valence-corrected chi connectivity index (χ2v) is 9.96. The minimum atomic E-state index is -0.213. The molecule has 1 fully saturated rings. The van der Waals surface area contributed by atoms with E-state index in [4.69, 9.17) is 16.3 Å². The van der Waals surface area contributed by atoms with Crippen molar-refractivity contribution in [3.05, 3.63) is 75.2 Å². The molecule has 0 spiro atoms. The Kier molecular flexibility index (Phi) is 6.90. The molecule has 9 nitrogen and oxygen atoms in total. The summed E-state index contributed by atoms with van der Waals surface area (Å²) in [5, 5.41) is 8.68. The lowest BCUT2D eigenvalue weighted by Gasteiger charge is -2.34. The van der Waals surface area contributed by atoms with Crippen LogP contribution in [0.3, 0.4) is 0 Å². The van der Waals surface area contributed by atoms with E-state index in [1.807, 2.05) is 37.3 Å². The van der Waals surface area contributed by atoms with Gasteiger partial charge in [-0.05, 0) is 36.8 Å². The molecule has 11 heteroatoms. The van der Waals surface area contributed by atoms with Crippen LogP contribution in [0.4, 0.5) is 10.5 Å². The number of amides is 2. The zero-order valence-electron chi connectivity index (χ0n) is 19.9. The summed E-state index contributed by atoms with van der Waals surface area (Å²) in [5.41, 5.74) is 3.01. The van der Waals surface area contributed by atoms with Crippen molar-refractivity contribution >= 4 is 39.6 Å². The Balaban J connectivity index is 1.24. The molecule has 0 atom stereocenters. The molecule has 1 aliphatic rings. The smallest absolute Gasteiger partial charge is 0.321 e. The molecule has 3 heterocycles. The maximum atomic E-state index is 12.7. The van der Waals surface area contributed by atoms with Gasteiger partial charge in [-0.15, -0.1) is 0 Å². The van der Waals surface area contributed by atoms with Crippen LogP contribution in [0.5, 0.6) is 5.75 Å². The van der Waals surface area contributed by atoms with Crippen LogP contribution in [0, 0.1) is 6.92 Å². The summed E-state index contributed by atoms with van der Waals surface area (Å²) in [5.74, 6) is 0.725. The first kappa shape index (κ1) is 24.2. The number of urea groups is 1. The minimum absolute atomic E-state index is 0.146. The summed E-state index contributed by atoms with van der Waals surface area (Å²) < 4.78 is 6.63. The number of benzene rings is 2. The van der Waals surface area contributed by atoms with Crippen LogP contribution < -0.4 is 15.6 Å². The molecule has 1 saturated heterocycles.